The van der Waals surface area contributed by atoms with Crippen molar-refractivity contribution in [2.45, 2.75) is 52.1 Å². The van der Waals surface area contributed by atoms with Gasteiger partial charge in [0.05, 0.1) is 0 Å². The van der Waals surface area contributed by atoms with E-state index in [1.165, 1.54) is 16.6 Å². The van der Waals surface area contributed by atoms with Crippen molar-refractivity contribution < 1.29 is 4.39 Å². The van der Waals surface area contributed by atoms with Crippen LogP contribution in [0.3, 0.4) is 0 Å². The van der Waals surface area contributed by atoms with Crippen LogP contribution in [0.4, 0.5) is 4.39 Å². The van der Waals surface area contributed by atoms with Crippen molar-refractivity contribution >= 4 is 22.1 Å². The van der Waals surface area contributed by atoms with E-state index < -0.39 is 24.0 Å². The van der Waals surface area contributed by atoms with E-state index in [1.807, 2.05) is 13.1 Å². The average Bonchev–Trinajstić information content (AvgIpc) is 3.43. The Morgan fingerprint density at radius 2 is 1.88 bits per heavy atom. The Morgan fingerprint density at radius 3 is 2.38 bits per heavy atom. The SMILES string of the molecule is Cn1cnnc1C(F)(c1cc(C2CC2)n[c]([Sn]([CH3])([CH3])[CH3])c1)C1CC1. The monoisotopic (exact) mass is 436 g/mol. The fourth-order valence-electron chi connectivity index (χ4n) is 3.38. The Morgan fingerprint density at radius 1 is 1.17 bits per heavy atom. The summed E-state index contributed by atoms with van der Waals surface area (Å²) in [7, 11) is 1.83. The topological polar surface area (TPSA) is 43.6 Å². The van der Waals surface area contributed by atoms with E-state index in [-0.39, 0.29) is 5.92 Å². The molecule has 24 heavy (non-hydrogen) atoms. The van der Waals surface area contributed by atoms with Gasteiger partial charge in [0.25, 0.3) is 0 Å². The number of hydrogen-bond acceptors (Lipinski definition) is 3. The van der Waals surface area contributed by atoms with Gasteiger partial charge in [-0.05, 0) is 0 Å². The first-order chi connectivity index (χ1) is 11.3. The second-order valence-corrected chi connectivity index (χ2v) is 22.7. The van der Waals surface area contributed by atoms with Gasteiger partial charge in [0, 0.05) is 0 Å². The number of rotatable bonds is 5. The minimum absolute atomic E-state index is 0.0119. The molecule has 2 fully saturated rings. The van der Waals surface area contributed by atoms with Crippen LogP contribution < -0.4 is 3.71 Å². The second kappa shape index (κ2) is 5.51. The van der Waals surface area contributed by atoms with Crippen molar-refractivity contribution in [2.24, 2.45) is 13.0 Å². The molecule has 2 aromatic rings. The minimum atomic E-state index is -2.40. The summed E-state index contributed by atoms with van der Waals surface area (Å²) in [5.74, 6) is 0.978. The van der Waals surface area contributed by atoms with Gasteiger partial charge in [0.1, 0.15) is 0 Å². The van der Waals surface area contributed by atoms with Crippen molar-refractivity contribution in [1.82, 2.24) is 19.7 Å². The zero-order valence-electron chi connectivity index (χ0n) is 14.9. The number of nitrogens with zero attached hydrogens (tertiary/aromatic N) is 4. The molecule has 128 valence electrons. The summed E-state index contributed by atoms with van der Waals surface area (Å²) in [5, 5.41) is 8.08. The van der Waals surface area contributed by atoms with Crippen LogP contribution in [0.25, 0.3) is 0 Å². The van der Waals surface area contributed by atoms with Gasteiger partial charge < -0.3 is 0 Å². The van der Waals surface area contributed by atoms with Gasteiger partial charge >= 0.3 is 147 Å². The molecule has 2 aliphatic carbocycles. The normalized spacial score (nSPS) is 20.9. The molecule has 1 unspecified atom stereocenters. The van der Waals surface area contributed by atoms with Gasteiger partial charge in [-0.1, -0.05) is 0 Å². The third kappa shape index (κ3) is 2.78. The summed E-state index contributed by atoms with van der Waals surface area (Å²) in [5.41, 5.74) is 0.322. The second-order valence-electron chi connectivity index (χ2n) is 8.44. The maximum atomic E-state index is 16.4. The first kappa shape index (κ1) is 16.5. The van der Waals surface area contributed by atoms with Crippen LogP contribution in [-0.2, 0) is 12.7 Å². The molecular weight excluding hydrogens is 410 g/mol. The third-order valence-electron chi connectivity index (χ3n) is 5.21. The van der Waals surface area contributed by atoms with Crippen LogP contribution in [0.1, 0.15) is 48.7 Å². The summed E-state index contributed by atoms with van der Waals surface area (Å²) < 4.78 is 19.3. The van der Waals surface area contributed by atoms with Crippen LogP contribution in [-0.4, -0.2) is 38.1 Å². The summed E-state index contributed by atoms with van der Waals surface area (Å²) in [4.78, 5) is 12.0. The standard InChI is InChI=1S/C15H16FN4.3CH3.Sn/c1-20-9-18-19-14(20)15(16,11-4-5-11)12-6-7-17-13(8-12)10-2-3-10;;;;/h6,8-11H,2-5H2,1H3;3*1H3;. The van der Waals surface area contributed by atoms with E-state index in [4.69, 9.17) is 4.98 Å². The molecule has 6 heteroatoms. The Kier molecular flexibility index (Phi) is 3.78. The Bertz CT molecular complexity index is 774. The summed E-state index contributed by atoms with van der Waals surface area (Å²) in [6.45, 7) is 0. The van der Waals surface area contributed by atoms with Crippen LogP contribution in [0.15, 0.2) is 18.5 Å². The van der Waals surface area contributed by atoms with E-state index in [9.17, 15) is 0 Å². The van der Waals surface area contributed by atoms with E-state index >= 15 is 4.39 Å². The van der Waals surface area contributed by atoms with Gasteiger partial charge in [0.2, 0.25) is 0 Å². The van der Waals surface area contributed by atoms with E-state index in [0.717, 1.165) is 24.1 Å². The number of halogens is 1. The van der Waals surface area contributed by atoms with Crippen molar-refractivity contribution in [1.29, 1.82) is 0 Å². The van der Waals surface area contributed by atoms with Crippen LogP contribution in [0.2, 0.25) is 14.8 Å². The molecule has 2 saturated carbocycles. The predicted molar refractivity (Wildman–Crippen MR) is 94.8 cm³/mol. The van der Waals surface area contributed by atoms with Gasteiger partial charge in [-0.25, -0.2) is 0 Å². The van der Waals surface area contributed by atoms with Gasteiger partial charge in [-0.3, -0.25) is 0 Å². The molecule has 2 aliphatic rings. The molecule has 0 aliphatic heterocycles. The predicted octanol–water partition coefficient (Wildman–Crippen LogP) is 3.26. The average molecular weight is 435 g/mol. The summed E-state index contributed by atoms with van der Waals surface area (Å²) >= 11 is -2.40. The van der Waals surface area contributed by atoms with Crippen LogP contribution in [0.5, 0.6) is 0 Å². The molecule has 2 aromatic heterocycles. The first-order valence-electron chi connectivity index (χ1n) is 8.86. The van der Waals surface area contributed by atoms with Crippen molar-refractivity contribution in [3.05, 3.63) is 35.5 Å². The Hall–Kier alpha value is -0.981. The number of aryl methyl sites for hydroxylation is 1. The number of pyridine rings is 1. The molecule has 0 amide bonds. The third-order valence-corrected chi connectivity index (χ3v) is 10.3. The summed E-state index contributed by atoms with van der Waals surface area (Å²) in [6, 6.07) is 4.07. The van der Waals surface area contributed by atoms with Crippen molar-refractivity contribution in [3.63, 3.8) is 0 Å². The van der Waals surface area contributed by atoms with E-state index in [1.54, 1.807) is 10.9 Å². The maximum absolute atomic E-state index is 16.4. The zero-order valence-corrected chi connectivity index (χ0v) is 17.7. The molecule has 1 atom stereocenters. The van der Waals surface area contributed by atoms with Gasteiger partial charge in [-0.15, -0.1) is 0 Å². The summed E-state index contributed by atoms with van der Waals surface area (Å²) in [6.07, 6.45) is 5.79. The molecule has 0 bridgehead atoms. The van der Waals surface area contributed by atoms with E-state index in [0.29, 0.717) is 11.7 Å². The molecular formula is C18H25FN4Sn. The number of alkyl halides is 1. The fourth-order valence-corrected chi connectivity index (χ4v) is 6.38. The van der Waals surface area contributed by atoms with Crippen molar-refractivity contribution in [3.8, 4) is 0 Å². The number of aromatic nitrogens is 4. The van der Waals surface area contributed by atoms with Gasteiger partial charge in [0.15, 0.2) is 0 Å². The molecule has 0 radical (unpaired) electrons. The molecule has 0 saturated heterocycles. The first-order valence-corrected chi connectivity index (χ1v) is 18.9. The molecule has 2 heterocycles. The number of hydrogen-bond donors (Lipinski definition) is 0. The zero-order chi connectivity index (χ0) is 17.1. The molecule has 0 spiro atoms. The van der Waals surface area contributed by atoms with Gasteiger partial charge in [-0.2, -0.15) is 0 Å². The molecule has 0 N–H and O–H groups in total. The van der Waals surface area contributed by atoms with Crippen LogP contribution >= 0.6 is 0 Å². The molecule has 4 nitrogen and oxygen atoms in total. The van der Waals surface area contributed by atoms with E-state index in [2.05, 4.69) is 31.1 Å². The molecule has 4 rings (SSSR count). The van der Waals surface area contributed by atoms with Crippen LogP contribution in [0, 0.1) is 5.92 Å². The Labute approximate surface area is 146 Å². The quantitative estimate of drug-likeness (QED) is 0.678. The van der Waals surface area contributed by atoms with Crippen molar-refractivity contribution in [2.75, 3.05) is 0 Å². The molecule has 0 aromatic carbocycles. The fraction of sp³-hybridized carbons (Fsp3) is 0.611. The Balaban J connectivity index is 1.89.